The number of hydrogen-bond acceptors (Lipinski definition) is 8. The van der Waals surface area contributed by atoms with Crippen molar-refractivity contribution in [1.29, 1.82) is 0 Å². The lowest BCUT2D eigenvalue weighted by atomic mass is 9.76. The Morgan fingerprint density at radius 1 is 0.979 bits per heavy atom. The van der Waals surface area contributed by atoms with Crippen LogP contribution in [0.1, 0.15) is 98.1 Å². The number of nitrogens with zero attached hydrogens (tertiary/aromatic N) is 6. The maximum atomic E-state index is 13.4. The van der Waals surface area contributed by atoms with Crippen LogP contribution in [0, 0.1) is 11.3 Å². The molecule has 0 spiro atoms. The van der Waals surface area contributed by atoms with Crippen molar-refractivity contribution in [1.82, 2.24) is 35.2 Å². The molecule has 4 aliphatic rings. The summed E-state index contributed by atoms with van der Waals surface area (Å²) in [5.74, 6) is 0.0210. The Morgan fingerprint density at radius 3 is 2.49 bits per heavy atom. The Labute approximate surface area is 273 Å². The summed E-state index contributed by atoms with van der Waals surface area (Å²) in [4.78, 5) is 58.9. The molecular weight excluding hydrogens is 598 g/mol. The Balaban J connectivity index is 0.870. The number of piperazine rings is 1. The standard InChI is InChI=1S/C34H43N9O4/c1-34(2)12-11-26-27(17-34)39-40-30(26)32(46)37-23-19-36-43(20-23)24-6-3-21(4-7-24)33(47)42-15-13-41(14-16-42)28-9-5-22(18-35-28)25-8-10-29(44)38-31(25)45/h5,9,18-21,24-25H,3-4,6-8,10-17H2,1-2H3,(H,37,46)(H,39,40)(H,38,44,45)/t21?,24?,25-/m1/s1. The van der Waals surface area contributed by atoms with Crippen molar-refractivity contribution < 1.29 is 19.2 Å². The normalized spacial score (nSPS) is 24.4. The van der Waals surface area contributed by atoms with Gasteiger partial charge in [0.15, 0.2) is 5.69 Å². The summed E-state index contributed by atoms with van der Waals surface area (Å²) >= 11 is 0. The van der Waals surface area contributed by atoms with Gasteiger partial charge >= 0.3 is 0 Å². The molecule has 3 aromatic rings. The zero-order chi connectivity index (χ0) is 32.7. The molecule has 13 heteroatoms. The number of carbonyl (C=O) groups excluding carboxylic acids is 4. The highest BCUT2D eigenvalue weighted by Gasteiger charge is 2.34. The van der Waals surface area contributed by atoms with Crippen molar-refractivity contribution in [3.8, 4) is 0 Å². The number of piperidine rings is 1. The van der Waals surface area contributed by atoms with Crippen molar-refractivity contribution in [3.63, 3.8) is 0 Å². The van der Waals surface area contributed by atoms with Gasteiger partial charge in [-0.1, -0.05) is 19.9 Å². The van der Waals surface area contributed by atoms with Gasteiger partial charge in [-0.05, 0) is 68.4 Å². The summed E-state index contributed by atoms with van der Waals surface area (Å²) in [6, 6.07) is 4.03. The summed E-state index contributed by atoms with van der Waals surface area (Å²) < 4.78 is 1.93. The summed E-state index contributed by atoms with van der Waals surface area (Å²) in [6.07, 6.45) is 12.3. The van der Waals surface area contributed by atoms with Gasteiger partial charge < -0.3 is 15.1 Å². The van der Waals surface area contributed by atoms with E-state index in [1.165, 1.54) is 0 Å². The van der Waals surface area contributed by atoms with Gasteiger partial charge in [0, 0.05) is 62.2 Å². The molecule has 0 unspecified atom stereocenters. The lowest BCUT2D eigenvalue weighted by Crippen LogP contribution is -2.51. The van der Waals surface area contributed by atoms with E-state index in [2.05, 4.69) is 49.7 Å². The highest BCUT2D eigenvalue weighted by molar-refractivity contribution is 6.04. The highest BCUT2D eigenvalue weighted by atomic mass is 16.2. The van der Waals surface area contributed by atoms with E-state index < -0.39 is 0 Å². The van der Waals surface area contributed by atoms with E-state index in [-0.39, 0.29) is 46.9 Å². The molecule has 0 bridgehead atoms. The van der Waals surface area contributed by atoms with Gasteiger partial charge in [-0.3, -0.25) is 34.3 Å². The number of aromatic nitrogens is 5. The van der Waals surface area contributed by atoms with Crippen LogP contribution < -0.4 is 15.5 Å². The van der Waals surface area contributed by atoms with Crippen molar-refractivity contribution in [2.24, 2.45) is 11.3 Å². The van der Waals surface area contributed by atoms with Gasteiger partial charge in [0.25, 0.3) is 5.91 Å². The molecule has 0 radical (unpaired) electrons. The van der Waals surface area contributed by atoms with Gasteiger partial charge in [0.2, 0.25) is 17.7 Å². The van der Waals surface area contributed by atoms with Crippen LogP contribution in [0.25, 0.3) is 0 Å². The summed E-state index contributed by atoms with van der Waals surface area (Å²) in [7, 11) is 0. The van der Waals surface area contributed by atoms with Crippen LogP contribution in [0.15, 0.2) is 30.7 Å². The number of H-pyrrole nitrogens is 1. The second-order valence-corrected chi connectivity index (χ2v) is 14.3. The van der Waals surface area contributed by atoms with Crippen molar-refractivity contribution >= 4 is 35.1 Å². The number of carbonyl (C=O) groups is 4. The average molecular weight is 642 g/mol. The maximum absolute atomic E-state index is 13.4. The van der Waals surface area contributed by atoms with Gasteiger partial charge in [-0.25, -0.2) is 4.98 Å². The second-order valence-electron chi connectivity index (χ2n) is 14.3. The summed E-state index contributed by atoms with van der Waals surface area (Å²) in [5.41, 5.74) is 4.24. The Hall–Kier alpha value is -4.55. The summed E-state index contributed by atoms with van der Waals surface area (Å²) in [5, 5.41) is 17.3. The second kappa shape index (κ2) is 12.6. The predicted octanol–water partition coefficient (Wildman–Crippen LogP) is 3.37. The van der Waals surface area contributed by atoms with Crippen LogP contribution in [-0.4, -0.2) is 79.7 Å². The lowest BCUT2D eigenvalue weighted by molar-refractivity contribution is -0.137. The smallest absolute Gasteiger partial charge is 0.276 e. The minimum absolute atomic E-state index is 0.00860. The molecule has 4 amide bonds. The van der Waals surface area contributed by atoms with E-state index in [0.717, 1.165) is 67.6 Å². The number of imide groups is 1. The molecule has 0 aromatic carbocycles. The van der Waals surface area contributed by atoms with E-state index in [1.807, 2.05) is 27.9 Å². The minimum Gasteiger partial charge on any atom is -0.353 e. The fourth-order valence-electron chi connectivity index (χ4n) is 7.63. The molecule has 13 nitrogen and oxygen atoms in total. The van der Waals surface area contributed by atoms with E-state index >= 15 is 0 Å². The van der Waals surface area contributed by atoms with Crippen molar-refractivity contribution in [2.45, 2.75) is 83.6 Å². The molecule has 2 aliphatic carbocycles. The number of fused-ring (bicyclic) bond motifs is 1. The first-order valence-corrected chi connectivity index (χ1v) is 16.9. The zero-order valence-electron chi connectivity index (χ0n) is 27.1. The number of nitrogens with one attached hydrogen (secondary N) is 3. The number of pyridine rings is 1. The largest absolute Gasteiger partial charge is 0.353 e. The molecule has 5 heterocycles. The molecular formula is C34H43N9O4. The lowest BCUT2D eigenvalue weighted by Gasteiger charge is -2.38. The first-order valence-electron chi connectivity index (χ1n) is 16.9. The monoisotopic (exact) mass is 641 g/mol. The Bertz CT molecular complexity index is 1660. The van der Waals surface area contributed by atoms with Crippen molar-refractivity contribution in [2.75, 3.05) is 36.4 Å². The third-order valence-electron chi connectivity index (χ3n) is 10.5. The van der Waals surface area contributed by atoms with Crippen LogP contribution in [0.2, 0.25) is 0 Å². The fraction of sp³-hybridized carbons (Fsp3) is 0.559. The fourth-order valence-corrected chi connectivity index (χ4v) is 7.63. The molecule has 3 aromatic heterocycles. The van der Waals surface area contributed by atoms with E-state index in [0.29, 0.717) is 50.4 Å². The van der Waals surface area contributed by atoms with E-state index in [9.17, 15) is 19.2 Å². The third-order valence-corrected chi connectivity index (χ3v) is 10.5. The zero-order valence-corrected chi connectivity index (χ0v) is 27.1. The maximum Gasteiger partial charge on any atom is 0.276 e. The molecule has 7 rings (SSSR count). The van der Waals surface area contributed by atoms with Crippen LogP contribution in [-0.2, 0) is 27.2 Å². The third kappa shape index (κ3) is 6.52. The molecule has 248 valence electrons. The molecule has 1 saturated carbocycles. The molecule has 3 N–H and O–H groups in total. The van der Waals surface area contributed by atoms with Crippen molar-refractivity contribution in [3.05, 3.63) is 53.2 Å². The van der Waals surface area contributed by atoms with Crippen LogP contribution in [0.5, 0.6) is 0 Å². The average Bonchev–Trinajstić information content (AvgIpc) is 3.71. The number of amides is 4. The van der Waals surface area contributed by atoms with Gasteiger partial charge in [0.1, 0.15) is 5.82 Å². The molecule has 2 aliphatic heterocycles. The number of aromatic amines is 1. The SMILES string of the molecule is CC1(C)CCc2c(C(=O)Nc3cnn(C4CCC(C(=O)N5CCN(c6ccc([C@H]7CCC(=O)NC7=O)cn6)CC5)CC4)c3)n[nH]c2C1. The quantitative estimate of drug-likeness (QED) is 0.346. The Morgan fingerprint density at radius 2 is 1.77 bits per heavy atom. The van der Waals surface area contributed by atoms with E-state index in [1.54, 1.807) is 12.4 Å². The number of anilines is 2. The van der Waals surface area contributed by atoms with Crippen LogP contribution in [0.4, 0.5) is 11.5 Å². The molecule has 2 saturated heterocycles. The Kier molecular flexibility index (Phi) is 8.31. The minimum atomic E-state index is -0.346. The van der Waals surface area contributed by atoms with Gasteiger partial charge in [-0.2, -0.15) is 10.2 Å². The van der Waals surface area contributed by atoms with Crippen LogP contribution in [0.3, 0.4) is 0 Å². The molecule has 3 fully saturated rings. The highest BCUT2D eigenvalue weighted by Crippen LogP contribution is 2.36. The van der Waals surface area contributed by atoms with E-state index in [4.69, 9.17) is 0 Å². The predicted molar refractivity (Wildman–Crippen MR) is 174 cm³/mol. The van der Waals surface area contributed by atoms with Gasteiger partial charge in [0.05, 0.1) is 23.8 Å². The number of rotatable bonds is 6. The first-order chi connectivity index (χ1) is 22.6. The van der Waals surface area contributed by atoms with Crippen LogP contribution >= 0.6 is 0 Å². The topological polar surface area (TPSA) is 158 Å². The number of hydrogen-bond donors (Lipinski definition) is 3. The molecule has 1 atom stereocenters. The van der Waals surface area contributed by atoms with Gasteiger partial charge in [-0.15, -0.1) is 0 Å². The molecule has 47 heavy (non-hydrogen) atoms. The first kappa shape index (κ1) is 31.1. The summed E-state index contributed by atoms with van der Waals surface area (Å²) in [6.45, 7) is 7.18.